The van der Waals surface area contributed by atoms with Crippen LogP contribution in [0.5, 0.6) is 0 Å². The molecule has 0 aliphatic carbocycles. The summed E-state index contributed by atoms with van der Waals surface area (Å²) < 4.78 is 5.19. The molecular formula is C8H15N3O3. The van der Waals surface area contributed by atoms with Crippen molar-refractivity contribution in [3.63, 3.8) is 0 Å². The van der Waals surface area contributed by atoms with Gasteiger partial charge < -0.3 is 10.1 Å². The Labute approximate surface area is 82.5 Å². The fourth-order valence-corrected chi connectivity index (χ4v) is 1.34. The standard InChI is InChI=1S/C8H15N3O3/c1-2-8(10-11(12)13)9-5-7-3-4-14-6-7/h7H,2-6H2,1H3,(H,9,10). The number of nitrogens with zero attached hydrogens (tertiary/aromatic N) is 2. The Bertz CT molecular complexity index is 224. The van der Waals surface area contributed by atoms with Gasteiger partial charge in [-0.25, -0.2) is 10.1 Å². The van der Waals surface area contributed by atoms with E-state index in [1.54, 1.807) is 0 Å². The summed E-state index contributed by atoms with van der Waals surface area (Å²) in [5.41, 5.74) is 0. The molecule has 0 amide bonds. The number of hydrogen-bond donors (Lipinski definition) is 1. The molecule has 0 aromatic rings. The predicted molar refractivity (Wildman–Crippen MR) is 51.6 cm³/mol. The molecule has 1 aliphatic rings. The molecule has 0 aromatic heterocycles. The van der Waals surface area contributed by atoms with Gasteiger partial charge in [0.15, 0.2) is 10.9 Å². The van der Waals surface area contributed by atoms with Gasteiger partial charge in [0.2, 0.25) is 0 Å². The van der Waals surface area contributed by atoms with Crippen LogP contribution in [-0.4, -0.2) is 30.6 Å². The van der Waals surface area contributed by atoms with E-state index in [2.05, 4.69) is 10.4 Å². The van der Waals surface area contributed by atoms with Gasteiger partial charge in [-0.3, -0.25) is 0 Å². The molecule has 1 N–H and O–H groups in total. The van der Waals surface area contributed by atoms with Gasteiger partial charge >= 0.3 is 0 Å². The molecule has 1 saturated heterocycles. The van der Waals surface area contributed by atoms with Crippen LogP contribution in [-0.2, 0) is 4.74 Å². The minimum atomic E-state index is -0.670. The second-order valence-electron chi connectivity index (χ2n) is 3.25. The quantitative estimate of drug-likeness (QED) is 0.313. The molecule has 1 aliphatic heterocycles. The third kappa shape index (κ3) is 3.69. The Balaban J connectivity index is 2.29. The molecule has 6 heteroatoms. The lowest BCUT2D eigenvalue weighted by Gasteiger charge is -2.09. The van der Waals surface area contributed by atoms with Crippen molar-refractivity contribution in [1.82, 2.24) is 5.32 Å². The summed E-state index contributed by atoms with van der Waals surface area (Å²) in [6.07, 6.45) is 1.57. The highest BCUT2D eigenvalue weighted by atomic mass is 16.7. The molecule has 1 rings (SSSR count). The normalized spacial score (nSPS) is 22.4. The van der Waals surface area contributed by atoms with Crippen molar-refractivity contribution in [1.29, 1.82) is 0 Å². The van der Waals surface area contributed by atoms with Crippen LogP contribution >= 0.6 is 0 Å². The van der Waals surface area contributed by atoms with Gasteiger partial charge in [0.1, 0.15) is 0 Å². The average Bonchev–Trinajstić information content (AvgIpc) is 2.64. The van der Waals surface area contributed by atoms with Crippen LogP contribution in [0.1, 0.15) is 19.8 Å². The lowest BCUT2D eigenvalue weighted by atomic mass is 10.1. The van der Waals surface area contributed by atoms with Gasteiger partial charge in [0.25, 0.3) is 0 Å². The number of ether oxygens (including phenoxy) is 1. The fourth-order valence-electron chi connectivity index (χ4n) is 1.34. The Morgan fingerprint density at radius 2 is 2.57 bits per heavy atom. The average molecular weight is 201 g/mol. The highest BCUT2D eigenvalue weighted by Gasteiger charge is 2.15. The Morgan fingerprint density at radius 3 is 3.07 bits per heavy atom. The van der Waals surface area contributed by atoms with Gasteiger partial charge in [-0.1, -0.05) is 6.92 Å². The van der Waals surface area contributed by atoms with E-state index in [-0.39, 0.29) is 0 Å². The van der Waals surface area contributed by atoms with Crippen molar-refractivity contribution in [3.05, 3.63) is 10.1 Å². The molecule has 14 heavy (non-hydrogen) atoms. The monoisotopic (exact) mass is 201 g/mol. The molecule has 6 nitrogen and oxygen atoms in total. The Hall–Kier alpha value is -1.17. The summed E-state index contributed by atoms with van der Waals surface area (Å²) in [5.74, 6) is 0.889. The molecule has 0 bridgehead atoms. The summed E-state index contributed by atoms with van der Waals surface area (Å²) in [6.45, 7) is 4.07. The van der Waals surface area contributed by atoms with Gasteiger partial charge in [-0.15, -0.1) is 0 Å². The predicted octanol–water partition coefficient (Wildman–Crippen LogP) is 0.613. The molecule has 1 fully saturated rings. The molecule has 80 valence electrons. The zero-order valence-corrected chi connectivity index (χ0v) is 8.23. The molecule has 1 unspecified atom stereocenters. The van der Waals surface area contributed by atoms with E-state index >= 15 is 0 Å². The number of hydrazone groups is 1. The van der Waals surface area contributed by atoms with Crippen LogP contribution in [0.2, 0.25) is 0 Å². The summed E-state index contributed by atoms with van der Waals surface area (Å²) in [5, 5.41) is 15.7. The SMILES string of the molecule is CC/C(=N\[N+](=O)[O-])NCC1CCOC1. The molecule has 1 heterocycles. The van der Waals surface area contributed by atoms with Crippen LogP contribution in [0.25, 0.3) is 0 Å². The molecule has 0 spiro atoms. The second-order valence-corrected chi connectivity index (χ2v) is 3.25. The summed E-state index contributed by atoms with van der Waals surface area (Å²) in [7, 11) is 0. The van der Waals surface area contributed by atoms with Gasteiger partial charge in [0, 0.05) is 25.5 Å². The van der Waals surface area contributed by atoms with E-state index in [1.807, 2.05) is 6.92 Å². The zero-order valence-electron chi connectivity index (χ0n) is 8.23. The van der Waals surface area contributed by atoms with Crippen molar-refractivity contribution in [2.75, 3.05) is 19.8 Å². The van der Waals surface area contributed by atoms with Crippen molar-refractivity contribution >= 4 is 5.84 Å². The first kappa shape index (κ1) is 10.9. The van der Waals surface area contributed by atoms with Crippen molar-refractivity contribution in [2.45, 2.75) is 19.8 Å². The number of nitrogens with one attached hydrogen (secondary N) is 1. The summed E-state index contributed by atoms with van der Waals surface area (Å²) in [4.78, 5) is 10.1. The number of nitro groups is 1. The van der Waals surface area contributed by atoms with Crippen molar-refractivity contribution in [3.8, 4) is 0 Å². The van der Waals surface area contributed by atoms with Gasteiger partial charge in [0.05, 0.1) is 11.7 Å². The number of amidine groups is 1. The fraction of sp³-hybridized carbons (Fsp3) is 0.875. The summed E-state index contributed by atoms with van der Waals surface area (Å²) in [6, 6.07) is 0. The molecule has 1 atom stereocenters. The summed E-state index contributed by atoms with van der Waals surface area (Å²) >= 11 is 0. The molecule has 0 saturated carbocycles. The van der Waals surface area contributed by atoms with Crippen LogP contribution in [0, 0.1) is 16.0 Å². The minimum Gasteiger partial charge on any atom is -0.381 e. The number of rotatable bonds is 4. The van der Waals surface area contributed by atoms with E-state index in [0.29, 0.717) is 24.7 Å². The van der Waals surface area contributed by atoms with Crippen LogP contribution in [0.4, 0.5) is 0 Å². The molecular weight excluding hydrogens is 186 g/mol. The highest BCUT2D eigenvalue weighted by Crippen LogP contribution is 2.10. The smallest absolute Gasteiger partial charge is 0.192 e. The lowest BCUT2D eigenvalue weighted by molar-refractivity contribution is -0.485. The first-order valence-corrected chi connectivity index (χ1v) is 4.76. The Kier molecular flexibility index (Phi) is 4.31. The van der Waals surface area contributed by atoms with E-state index in [1.165, 1.54) is 0 Å². The number of hydrogen-bond acceptors (Lipinski definition) is 3. The molecule has 0 aromatic carbocycles. The topological polar surface area (TPSA) is 76.8 Å². The second kappa shape index (κ2) is 5.54. The first-order chi connectivity index (χ1) is 6.72. The highest BCUT2D eigenvalue weighted by molar-refractivity contribution is 5.81. The van der Waals surface area contributed by atoms with Crippen molar-refractivity contribution < 1.29 is 9.77 Å². The largest absolute Gasteiger partial charge is 0.381 e. The van der Waals surface area contributed by atoms with E-state index in [0.717, 1.165) is 19.6 Å². The van der Waals surface area contributed by atoms with Crippen molar-refractivity contribution in [2.24, 2.45) is 11.0 Å². The Morgan fingerprint density at radius 1 is 1.79 bits per heavy atom. The lowest BCUT2D eigenvalue weighted by Crippen LogP contribution is -2.29. The maximum Gasteiger partial charge on any atom is 0.192 e. The van der Waals surface area contributed by atoms with Gasteiger partial charge in [-0.05, 0) is 6.42 Å². The van der Waals surface area contributed by atoms with Crippen LogP contribution < -0.4 is 5.32 Å². The first-order valence-electron chi connectivity index (χ1n) is 4.76. The van der Waals surface area contributed by atoms with E-state index in [9.17, 15) is 10.1 Å². The van der Waals surface area contributed by atoms with Crippen LogP contribution in [0.15, 0.2) is 5.10 Å². The third-order valence-corrected chi connectivity index (χ3v) is 2.16. The minimum absolute atomic E-state index is 0.432. The van der Waals surface area contributed by atoms with E-state index in [4.69, 9.17) is 4.74 Å². The van der Waals surface area contributed by atoms with Crippen LogP contribution in [0.3, 0.4) is 0 Å². The van der Waals surface area contributed by atoms with E-state index < -0.39 is 5.03 Å². The maximum atomic E-state index is 10.1. The third-order valence-electron chi connectivity index (χ3n) is 2.16. The molecule has 0 radical (unpaired) electrons. The zero-order chi connectivity index (χ0) is 10.4. The van der Waals surface area contributed by atoms with Gasteiger partial charge in [-0.2, -0.15) is 0 Å². The maximum absolute atomic E-state index is 10.1.